The molecule has 158 valence electrons. The van der Waals surface area contributed by atoms with Crippen LogP contribution in [0.25, 0.3) is 10.2 Å². The predicted molar refractivity (Wildman–Crippen MR) is 117 cm³/mol. The summed E-state index contributed by atoms with van der Waals surface area (Å²) in [5.41, 5.74) is 3.77. The summed E-state index contributed by atoms with van der Waals surface area (Å²) in [7, 11) is 0. The first kappa shape index (κ1) is 19.8. The Morgan fingerprint density at radius 1 is 1.19 bits per heavy atom. The van der Waals surface area contributed by atoms with Crippen molar-refractivity contribution >= 4 is 44.9 Å². The Balaban J connectivity index is 1.32. The van der Waals surface area contributed by atoms with Gasteiger partial charge in [0, 0.05) is 29.0 Å². The molecule has 1 saturated carbocycles. The van der Waals surface area contributed by atoms with Gasteiger partial charge in [-0.3, -0.25) is 9.59 Å². The number of nitrogens with zero attached hydrogens (tertiary/aromatic N) is 2. The van der Waals surface area contributed by atoms with Gasteiger partial charge in [-0.15, -0.1) is 11.3 Å². The van der Waals surface area contributed by atoms with Gasteiger partial charge in [0.15, 0.2) is 12.4 Å². The minimum Gasteiger partial charge on any atom is -0.453 e. The normalized spacial score (nSPS) is 15.5. The van der Waals surface area contributed by atoms with E-state index in [4.69, 9.17) is 4.74 Å². The maximum absolute atomic E-state index is 12.7. The first-order valence-corrected chi connectivity index (χ1v) is 11.1. The van der Waals surface area contributed by atoms with Gasteiger partial charge in [0.2, 0.25) is 5.91 Å². The molecule has 0 radical (unpaired) electrons. The number of benzene rings is 1. The second-order valence-corrected chi connectivity index (χ2v) is 9.10. The van der Waals surface area contributed by atoms with Crippen molar-refractivity contribution in [2.24, 2.45) is 0 Å². The van der Waals surface area contributed by atoms with Gasteiger partial charge in [0.25, 0.3) is 0 Å². The molecule has 3 aromatic rings. The average molecular weight is 436 g/mol. The molecule has 7 nitrogen and oxygen atoms in total. The molecule has 0 saturated heterocycles. The third-order valence-corrected chi connectivity index (χ3v) is 6.94. The van der Waals surface area contributed by atoms with Gasteiger partial charge in [0.05, 0.1) is 5.69 Å². The lowest BCUT2D eigenvalue weighted by Crippen LogP contribution is -2.20. The van der Waals surface area contributed by atoms with Gasteiger partial charge in [-0.05, 0) is 62.4 Å². The van der Waals surface area contributed by atoms with Crippen LogP contribution in [-0.2, 0) is 16.0 Å². The molecule has 0 spiro atoms. The highest BCUT2D eigenvalue weighted by Gasteiger charge is 2.29. The van der Waals surface area contributed by atoms with E-state index < -0.39 is 5.97 Å². The van der Waals surface area contributed by atoms with Crippen molar-refractivity contribution in [1.29, 1.82) is 0 Å². The molecular weight excluding hydrogens is 414 g/mol. The van der Waals surface area contributed by atoms with Crippen molar-refractivity contribution in [1.82, 2.24) is 9.97 Å². The number of amides is 1. The number of hydrogen-bond acceptors (Lipinski definition) is 7. The third-order valence-electron chi connectivity index (χ3n) is 5.77. The predicted octanol–water partition coefficient (Wildman–Crippen LogP) is 4.11. The molecule has 0 bridgehead atoms. The zero-order valence-corrected chi connectivity index (χ0v) is 18.1. The molecular formula is C23H21N3O4S. The second kappa shape index (κ2) is 7.53. The molecule has 1 fully saturated rings. The third kappa shape index (κ3) is 3.72. The summed E-state index contributed by atoms with van der Waals surface area (Å²) in [4.78, 5) is 47.3. The Hall–Kier alpha value is -3.13. The van der Waals surface area contributed by atoms with Gasteiger partial charge >= 0.3 is 5.97 Å². The second-order valence-electron chi connectivity index (χ2n) is 8.10. The van der Waals surface area contributed by atoms with Crippen LogP contribution < -0.4 is 5.32 Å². The molecule has 5 rings (SSSR count). The van der Waals surface area contributed by atoms with Crippen LogP contribution in [0.3, 0.4) is 0 Å². The monoisotopic (exact) mass is 435 g/mol. The number of carbonyl (C=O) groups excluding carboxylic acids is 3. The molecule has 0 unspecified atom stereocenters. The number of ketones is 1. The topological polar surface area (TPSA) is 98.2 Å². The number of anilines is 1. The Kier molecular flexibility index (Phi) is 4.81. The van der Waals surface area contributed by atoms with E-state index in [1.54, 1.807) is 18.2 Å². The number of aryl methyl sites for hydroxylation is 3. The van der Waals surface area contributed by atoms with Gasteiger partial charge in [-0.25, -0.2) is 14.8 Å². The van der Waals surface area contributed by atoms with Crippen molar-refractivity contribution < 1.29 is 19.1 Å². The van der Waals surface area contributed by atoms with E-state index in [2.05, 4.69) is 15.3 Å². The molecule has 1 N–H and O–H groups in total. The largest absolute Gasteiger partial charge is 0.453 e. The van der Waals surface area contributed by atoms with Crippen molar-refractivity contribution in [3.05, 3.63) is 51.3 Å². The highest BCUT2D eigenvalue weighted by atomic mass is 32.1. The van der Waals surface area contributed by atoms with Crippen molar-refractivity contribution in [2.45, 2.75) is 45.4 Å². The van der Waals surface area contributed by atoms with Crippen molar-refractivity contribution in [3.63, 3.8) is 0 Å². The first-order chi connectivity index (χ1) is 14.9. The maximum Gasteiger partial charge on any atom is 0.349 e. The van der Waals surface area contributed by atoms with Crippen LogP contribution in [0, 0.1) is 13.8 Å². The molecule has 2 aromatic heterocycles. The summed E-state index contributed by atoms with van der Waals surface area (Å²) >= 11 is 1.29. The van der Waals surface area contributed by atoms with Gasteiger partial charge < -0.3 is 10.1 Å². The molecule has 1 aliphatic carbocycles. The lowest BCUT2D eigenvalue weighted by atomic mass is 9.99. The minimum atomic E-state index is -0.522. The number of esters is 1. The molecule has 8 heteroatoms. The van der Waals surface area contributed by atoms with E-state index in [0.717, 1.165) is 51.4 Å². The molecule has 1 aromatic carbocycles. The number of rotatable bonds is 5. The summed E-state index contributed by atoms with van der Waals surface area (Å²) < 4.78 is 5.35. The zero-order valence-electron chi connectivity index (χ0n) is 17.3. The average Bonchev–Trinajstić information content (AvgIpc) is 3.55. The maximum atomic E-state index is 12.7. The van der Waals surface area contributed by atoms with Crippen molar-refractivity contribution in [3.8, 4) is 0 Å². The molecule has 31 heavy (non-hydrogen) atoms. The number of aromatic nitrogens is 2. The molecule has 1 aliphatic heterocycles. The Morgan fingerprint density at radius 2 is 2.00 bits per heavy atom. The van der Waals surface area contributed by atoms with Crippen LogP contribution in [-0.4, -0.2) is 34.2 Å². The summed E-state index contributed by atoms with van der Waals surface area (Å²) in [6, 6.07) is 5.12. The SMILES string of the molecule is Cc1nc(C2CC2)nc2sc(C(=O)OCC(=O)c3ccc4c(c3)CCC(=O)N4)c(C)c12. The lowest BCUT2D eigenvalue weighted by Gasteiger charge is -2.17. The summed E-state index contributed by atoms with van der Waals surface area (Å²) in [5, 5.41) is 3.68. The number of carbonyl (C=O) groups is 3. The fourth-order valence-corrected chi connectivity index (χ4v) is 5.05. The minimum absolute atomic E-state index is 0.0246. The fourth-order valence-electron chi connectivity index (χ4n) is 3.92. The highest BCUT2D eigenvalue weighted by Crippen LogP contribution is 2.40. The molecule has 3 heterocycles. The zero-order chi connectivity index (χ0) is 21.7. The van der Waals surface area contributed by atoms with Crippen LogP contribution >= 0.6 is 11.3 Å². The Labute approximate surface area is 182 Å². The number of hydrogen-bond donors (Lipinski definition) is 1. The number of nitrogens with one attached hydrogen (secondary N) is 1. The molecule has 2 aliphatic rings. The number of fused-ring (bicyclic) bond motifs is 2. The van der Waals surface area contributed by atoms with E-state index >= 15 is 0 Å². The summed E-state index contributed by atoms with van der Waals surface area (Å²) in [5.74, 6) is 0.460. The lowest BCUT2D eigenvalue weighted by molar-refractivity contribution is -0.116. The Bertz CT molecular complexity index is 1260. The number of Topliss-reactive ketones (excluding diaryl/α,β-unsaturated/α-hetero) is 1. The standard InChI is InChI=1S/C23H21N3O4S/c1-11-19-12(2)24-21(13-3-4-13)26-22(19)31-20(11)23(29)30-10-17(27)15-5-7-16-14(9-15)6-8-18(28)25-16/h5,7,9,13H,3-4,6,8,10H2,1-2H3,(H,25,28). The van der Waals surface area contributed by atoms with E-state index in [9.17, 15) is 14.4 Å². The fraction of sp³-hybridized carbons (Fsp3) is 0.348. The number of thiophene rings is 1. The quantitative estimate of drug-likeness (QED) is 0.478. The van der Waals surface area contributed by atoms with Crippen LogP contribution in [0.5, 0.6) is 0 Å². The number of ether oxygens (including phenoxy) is 1. The van der Waals surface area contributed by atoms with Gasteiger partial charge in [-0.1, -0.05) is 0 Å². The van der Waals surface area contributed by atoms with E-state index in [1.165, 1.54) is 11.3 Å². The first-order valence-electron chi connectivity index (χ1n) is 10.3. The van der Waals surface area contributed by atoms with E-state index in [0.29, 0.717) is 29.2 Å². The Morgan fingerprint density at radius 3 is 2.77 bits per heavy atom. The molecule has 1 amide bonds. The summed E-state index contributed by atoms with van der Waals surface area (Å²) in [6.45, 7) is 3.46. The van der Waals surface area contributed by atoms with Gasteiger partial charge in [-0.2, -0.15) is 0 Å². The van der Waals surface area contributed by atoms with Crippen LogP contribution in [0.15, 0.2) is 18.2 Å². The summed E-state index contributed by atoms with van der Waals surface area (Å²) in [6.07, 6.45) is 3.21. The highest BCUT2D eigenvalue weighted by molar-refractivity contribution is 7.20. The van der Waals surface area contributed by atoms with Crippen LogP contribution in [0.2, 0.25) is 0 Å². The van der Waals surface area contributed by atoms with Crippen molar-refractivity contribution in [2.75, 3.05) is 11.9 Å². The van der Waals surface area contributed by atoms with E-state index in [1.807, 2.05) is 13.8 Å². The molecule has 0 atom stereocenters. The van der Waals surface area contributed by atoms with Crippen LogP contribution in [0.4, 0.5) is 5.69 Å². The van der Waals surface area contributed by atoms with Gasteiger partial charge in [0.1, 0.15) is 15.5 Å². The smallest absolute Gasteiger partial charge is 0.349 e. The van der Waals surface area contributed by atoms with Crippen LogP contribution in [0.1, 0.15) is 67.9 Å². The van der Waals surface area contributed by atoms with E-state index in [-0.39, 0.29) is 18.3 Å².